The summed E-state index contributed by atoms with van der Waals surface area (Å²) in [5.41, 5.74) is 1.31. The molecule has 0 aliphatic heterocycles. The molecular formula is C21H20Cl2N4O4S. The molecule has 3 aromatic rings. The minimum atomic E-state index is -0.522. The molecule has 1 heterocycles. The molecule has 0 saturated carbocycles. The SMILES string of the molecule is CCn1c(SCC(=O)Nc2cc(C(=O)OC)ccc2Cl)nnc1-c1cc(Cl)ccc1OC. The van der Waals surface area contributed by atoms with Crippen molar-refractivity contribution in [1.82, 2.24) is 14.8 Å². The van der Waals surface area contributed by atoms with E-state index in [9.17, 15) is 9.59 Å². The summed E-state index contributed by atoms with van der Waals surface area (Å²) in [5.74, 6) is 0.427. The smallest absolute Gasteiger partial charge is 0.337 e. The molecule has 32 heavy (non-hydrogen) atoms. The van der Waals surface area contributed by atoms with E-state index in [4.69, 9.17) is 32.7 Å². The van der Waals surface area contributed by atoms with Crippen molar-refractivity contribution in [3.8, 4) is 17.1 Å². The van der Waals surface area contributed by atoms with Gasteiger partial charge in [-0.05, 0) is 43.3 Å². The summed E-state index contributed by atoms with van der Waals surface area (Å²) >= 11 is 13.5. The molecule has 0 atom stereocenters. The number of hydrogen-bond acceptors (Lipinski definition) is 7. The summed E-state index contributed by atoms with van der Waals surface area (Å²) in [6.45, 7) is 2.53. The van der Waals surface area contributed by atoms with Crippen LogP contribution >= 0.6 is 35.0 Å². The van der Waals surface area contributed by atoms with E-state index in [1.807, 2.05) is 11.5 Å². The average molecular weight is 495 g/mol. The lowest BCUT2D eigenvalue weighted by Crippen LogP contribution is -2.15. The number of halogens is 2. The van der Waals surface area contributed by atoms with Crippen LogP contribution in [0, 0.1) is 0 Å². The molecule has 0 bridgehead atoms. The summed E-state index contributed by atoms with van der Waals surface area (Å²) in [6.07, 6.45) is 0. The second-order valence-corrected chi connectivity index (χ2v) is 8.20. The van der Waals surface area contributed by atoms with Gasteiger partial charge in [0.25, 0.3) is 0 Å². The van der Waals surface area contributed by atoms with Crippen LogP contribution in [0.15, 0.2) is 41.6 Å². The van der Waals surface area contributed by atoms with Crippen LogP contribution in [0.4, 0.5) is 5.69 Å². The largest absolute Gasteiger partial charge is 0.496 e. The van der Waals surface area contributed by atoms with Gasteiger partial charge in [-0.15, -0.1) is 10.2 Å². The van der Waals surface area contributed by atoms with Crippen molar-refractivity contribution in [2.24, 2.45) is 0 Å². The normalized spacial score (nSPS) is 10.7. The number of amides is 1. The lowest BCUT2D eigenvalue weighted by Gasteiger charge is -2.11. The van der Waals surface area contributed by atoms with Gasteiger partial charge >= 0.3 is 5.97 Å². The molecule has 0 saturated heterocycles. The molecule has 8 nitrogen and oxygen atoms in total. The number of anilines is 1. The first-order valence-corrected chi connectivity index (χ1v) is 11.2. The summed E-state index contributed by atoms with van der Waals surface area (Å²) in [5, 5.41) is 12.6. The maximum absolute atomic E-state index is 12.5. The minimum Gasteiger partial charge on any atom is -0.496 e. The monoisotopic (exact) mass is 494 g/mol. The van der Waals surface area contributed by atoms with Crippen LogP contribution < -0.4 is 10.1 Å². The molecule has 2 aromatic carbocycles. The van der Waals surface area contributed by atoms with Gasteiger partial charge in [0.1, 0.15) is 5.75 Å². The number of carbonyl (C=O) groups excluding carboxylic acids is 2. The summed E-state index contributed by atoms with van der Waals surface area (Å²) < 4.78 is 12.0. The van der Waals surface area contributed by atoms with Crippen molar-refractivity contribution in [2.45, 2.75) is 18.6 Å². The van der Waals surface area contributed by atoms with E-state index >= 15 is 0 Å². The molecule has 1 amide bonds. The average Bonchev–Trinajstić information content (AvgIpc) is 3.21. The number of esters is 1. The number of hydrogen-bond donors (Lipinski definition) is 1. The number of methoxy groups -OCH3 is 2. The Bertz CT molecular complexity index is 1150. The Kier molecular flexibility index (Phi) is 8.00. The fraction of sp³-hybridized carbons (Fsp3) is 0.238. The highest BCUT2D eigenvalue weighted by molar-refractivity contribution is 7.99. The molecule has 3 rings (SSSR count). The third kappa shape index (κ3) is 5.35. The van der Waals surface area contributed by atoms with Gasteiger partial charge in [-0.1, -0.05) is 35.0 Å². The maximum atomic E-state index is 12.5. The zero-order valence-electron chi connectivity index (χ0n) is 17.5. The van der Waals surface area contributed by atoms with Crippen molar-refractivity contribution >= 4 is 52.5 Å². The summed E-state index contributed by atoms with van der Waals surface area (Å²) in [4.78, 5) is 24.2. The Morgan fingerprint density at radius 2 is 1.91 bits per heavy atom. The van der Waals surface area contributed by atoms with Crippen LogP contribution in [0.1, 0.15) is 17.3 Å². The Balaban J connectivity index is 1.75. The highest BCUT2D eigenvalue weighted by Gasteiger charge is 2.18. The number of rotatable bonds is 8. The number of thioether (sulfide) groups is 1. The van der Waals surface area contributed by atoms with E-state index < -0.39 is 5.97 Å². The number of nitrogens with one attached hydrogen (secondary N) is 1. The fourth-order valence-corrected chi connectivity index (χ4v) is 4.06. The molecule has 0 spiro atoms. The van der Waals surface area contributed by atoms with E-state index in [2.05, 4.69) is 15.5 Å². The number of ether oxygens (including phenoxy) is 2. The first kappa shape index (κ1) is 23.9. The van der Waals surface area contributed by atoms with Gasteiger partial charge < -0.3 is 19.4 Å². The second kappa shape index (κ2) is 10.7. The summed E-state index contributed by atoms with van der Waals surface area (Å²) in [7, 11) is 2.85. The van der Waals surface area contributed by atoms with Gasteiger partial charge in [-0.2, -0.15) is 0 Å². The molecule has 11 heteroatoms. The van der Waals surface area contributed by atoms with Crippen LogP contribution in [-0.2, 0) is 16.1 Å². The van der Waals surface area contributed by atoms with Crippen molar-refractivity contribution in [3.63, 3.8) is 0 Å². The Morgan fingerprint density at radius 3 is 2.59 bits per heavy atom. The van der Waals surface area contributed by atoms with Gasteiger partial charge in [0.05, 0.1) is 41.8 Å². The molecule has 1 aromatic heterocycles. The zero-order valence-corrected chi connectivity index (χ0v) is 19.8. The van der Waals surface area contributed by atoms with E-state index in [-0.39, 0.29) is 17.2 Å². The maximum Gasteiger partial charge on any atom is 0.337 e. The molecule has 0 aliphatic rings. The third-order valence-corrected chi connectivity index (χ3v) is 5.96. The number of benzene rings is 2. The van der Waals surface area contributed by atoms with Gasteiger partial charge in [0, 0.05) is 11.6 Å². The summed E-state index contributed by atoms with van der Waals surface area (Å²) in [6, 6.07) is 9.77. The molecule has 0 aliphatic carbocycles. The molecule has 0 radical (unpaired) electrons. The highest BCUT2D eigenvalue weighted by Crippen LogP contribution is 2.33. The number of nitrogens with zero attached hydrogens (tertiary/aromatic N) is 3. The standard InChI is InChI=1S/C21H20Cl2N4O4S/c1-4-27-19(14-10-13(22)6-8-17(14)30-2)25-26-21(27)32-11-18(28)24-16-9-12(20(29)31-3)5-7-15(16)23/h5-10H,4,11H2,1-3H3,(H,24,28). The second-order valence-electron chi connectivity index (χ2n) is 6.42. The molecule has 0 fully saturated rings. The van der Waals surface area contributed by atoms with Crippen molar-refractivity contribution in [2.75, 3.05) is 25.3 Å². The predicted molar refractivity (Wildman–Crippen MR) is 125 cm³/mol. The van der Waals surface area contributed by atoms with Gasteiger partial charge in [0.2, 0.25) is 5.91 Å². The van der Waals surface area contributed by atoms with Crippen LogP contribution in [-0.4, -0.2) is 46.6 Å². The fourth-order valence-electron chi connectivity index (χ4n) is 2.92. The van der Waals surface area contributed by atoms with Crippen molar-refractivity contribution in [3.05, 3.63) is 52.0 Å². The van der Waals surface area contributed by atoms with E-state index in [0.717, 1.165) is 0 Å². The molecule has 1 N–H and O–H groups in total. The predicted octanol–water partition coefficient (Wildman–Crippen LogP) is 4.80. The molecular weight excluding hydrogens is 475 g/mol. The topological polar surface area (TPSA) is 95.3 Å². The zero-order chi connectivity index (χ0) is 23.3. The van der Waals surface area contributed by atoms with Crippen LogP contribution in [0.5, 0.6) is 5.75 Å². The number of carbonyl (C=O) groups is 2. The van der Waals surface area contributed by atoms with Crippen molar-refractivity contribution in [1.29, 1.82) is 0 Å². The lowest BCUT2D eigenvalue weighted by molar-refractivity contribution is -0.113. The van der Waals surface area contributed by atoms with E-state index in [1.54, 1.807) is 25.3 Å². The first-order chi connectivity index (χ1) is 15.4. The van der Waals surface area contributed by atoms with Crippen LogP contribution in [0.25, 0.3) is 11.4 Å². The Labute approximate surface area is 199 Å². The molecule has 168 valence electrons. The first-order valence-electron chi connectivity index (χ1n) is 9.45. The van der Waals surface area contributed by atoms with Crippen LogP contribution in [0.2, 0.25) is 10.0 Å². The Hall–Kier alpha value is -2.75. The van der Waals surface area contributed by atoms with Gasteiger partial charge in [-0.3, -0.25) is 4.79 Å². The Morgan fingerprint density at radius 1 is 1.12 bits per heavy atom. The van der Waals surface area contributed by atoms with Gasteiger partial charge in [-0.25, -0.2) is 4.79 Å². The van der Waals surface area contributed by atoms with E-state index in [1.165, 1.54) is 37.1 Å². The number of aromatic nitrogens is 3. The quantitative estimate of drug-likeness (QED) is 0.354. The van der Waals surface area contributed by atoms with Crippen molar-refractivity contribution < 1.29 is 19.1 Å². The van der Waals surface area contributed by atoms with E-state index in [0.29, 0.717) is 44.6 Å². The molecule has 0 unspecified atom stereocenters. The minimum absolute atomic E-state index is 0.0591. The van der Waals surface area contributed by atoms with Crippen LogP contribution in [0.3, 0.4) is 0 Å². The van der Waals surface area contributed by atoms with Gasteiger partial charge in [0.15, 0.2) is 11.0 Å². The third-order valence-electron chi connectivity index (χ3n) is 4.43. The lowest BCUT2D eigenvalue weighted by atomic mass is 10.2. The highest BCUT2D eigenvalue weighted by atomic mass is 35.5.